The number of H-pyrrole nitrogens is 1. The van der Waals surface area contributed by atoms with Crippen molar-refractivity contribution in [1.29, 1.82) is 0 Å². The van der Waals surface area contributed by atoms with Crippen molar-refractivity contribution < 1.29 is 5.11 Å². The van der Waals surface area contributed by atoms with Crippen LogP contribution >= 0.6 is 24.8 Å². The molecule has 0 aliphatic heterocycles. The van der Waals surface area contributed by atoms with E-state index in [0.717, 1.165) is 0 Å². The van der Waals surface area contributed by atoms with Crippen LogP contribution in [-0.2, 0) is 0 Å². The minimum Gasteiger partial charge on any atom is -0.504 e. The number of benzene rings is 1. The number of hydrogen-bond acceptors (Lipinski definition) is 4. The first-order valence-corrected chi connectivity index (χ1v) is 3.99. The summed E-state index contributed by atoms with van der Waals surface area (Å²) in [5, 5.41) is 10.1. The first-order valence-electron chi connectivity index (χ1n) is 3.99. The van der Waals surface area contributed by atoms with Gasteiger partial charge < -0.3 is 21.6 Å². The number of rotatable bonds is 0. The van der Waals surface area contributed by atoms with E-state index in [-0.39, 0.29) is 47.3 Å². The molecule has 0 aliphatic carbocycles. The first-order chi connectivity index (χ1) is 6.59. The zero-order valence-corrected chi connectivity index (χ0v) is 9.69. The Hall–Kier alpha value is -1.59. The van der Waals surface area contributed by atoms with Crippen LogP contribution in [-0.4, -0.2) is 10.1 Å². The summed E-state index contributed by atoms with van der Waals surface area (Å²) in [6.45, 7) is 0. The van der Waals surface area contributed by atoms with Gasteiger partial charge in [-0.05, 0) is 12.1 Å². The third-order valence-corrected chi connectivity index (χ3v) is 2.05. The second kappa shape index (κ2) is 4.96. The number of fused-ring (bicyclic) bond motifs is 1. The molecule has 0 saturated carbocycles. The Balaban J connectivity index is 0.00000112. The molecule has 0 atom stereocenters. The molecule has 0 saturated heterocycles. The first kappa shape index (κ1) is 14.4. The molecule has 0 spiro atoms. The minimum atomic E-state index is -0.308. The summed E-state index contributed by atoms with van der Waals surface area (Å²) in [6, 6.07) is 4.34. The lowest BCUT2D eigenvalue weighted by molar-refractivity contribution is 0.483. The predicted molar refractivity (Wildman–Crippen MR) is 69.6 cm³/mol. The Labute approximate surface area is 103 Å². The molecule has 7 heteroatoms. The fourth-order valence-electron chi connectivity index (χ4n) is 1.36. The second-order valence-electron chi connectivity index (χ2n) is 3.01. The number of anilines is 2. The summed E-state index contributed by atoms with van der Waals surface area (Å²) in [4.78, 5) is 13.5. The Morgan fingerprint density at radius 3 is 2.38 bits per heavy atom. The predicted octanol–water partition coefficient (Wildman–Crippen LogP) is 1.24. The van der Waals surface area contributed by atoms with E-state index in [4.69, 9.17) is 11.5 Å². The van der Waals surface area contributed by atoms with Crippen molar-refractivity contribution in [2.45, 2.75) is 0 Å². The molecule has 88 valence electrons. The monoisotopic (exact) mass is 263 g/mol. The maximum atomic E-state index is 11.0. The number of phenols is 1. The number of nitrogens with two attached hydrogens (primary N) is 2. The van der Waals surface area contributed by atoms with Crippen LogP contribution in [0.4, 0.5) is 11.4 Å². The van der Waals surface area contributed by atoms with Crippen molar-refractivity contribution in [3.8, 4) is 5.75 Å². The maximum Gasteiger partial charge on any atom is 0.248 e. The lowest BCUT2D eigenvalue weighted by Crippen LogP contribution is -2.04. The van der Waals surface area contributed by atoms with Gasteiger partial charge in [0.1, 0.15) is 0 Å². The van der Waals surface area contributed by atoms with Gasteiger partial charge in [-0.2, -0.15) is 0 Å². The van der Waals surface area contributed by atoms with E-state index in [1.807, 2.05) is 0 Å². The molecule has 0 aliphatic rings. The van der Waals surface area contributed by atoms with Gasteiger partial charge >= 0.3 is 0 Å². The highest BCUT2D eigenvalue weighted by Crippen LogP contribution is 2.32. The smallest absolute Gasteiger partial charge is 0.248 e. The molecule has 5 nitrogen and oxygen atoms in total. The Morgan fingerprint density at radius 1 is 1.12 bits per heavy atom. The van der Waals surface area contributed by atoms with Crippen LogP contribution in [0, 0.1) is 0 Å². The molecule has 16 heavy (non-hydrogen) atoms. The van der Waals surface area contributed by atoms with Gasteiger partial charge in [0.15, 0.2) is 5.75 Å². The van der Waals surface area contributed by atoms with Gasteiger partial charge in [-0.25, -0.2) is 0 Å². The van der Waals surface area contributed by atoms with Crippen LogP contribution < -0.4 is 17.0 Å². The summed E-state index contributed by atoms with van der Waals surface area (Å²) in [5.74, 6) is -0.146. The van der Waals surface area contributed by atoms with Gasteiger partial charge in [-0.1, -0.05) is 0 Å². The van der Waals surface area contributed by atoms with Gasteiger partial charge in [0, 0.05) is 17.1 Å². The molecule has 1 heterocycles. The van der Waals surface area contributed by atoms with Crippen LogP contribution in [0.15, 0.2) is 23.0 Å². The third-order valence-electron chi connectivity index (χ3n) is 2.05. The van der Waals surface area contributed by atoms with Crippen LogP contribution in [0.3, 0.4) is 0 Å². The van der Waals surface area contributed by atoms with Gasteiger partial charge in [0.2, 0.25) is 5.56 Å². The number of aromatic nitrogens is 1. The molecule has 0 radical (unpaired) electrons. The van der Waals surface area contributed by atoms with Gasteiger partial charge in [-0.15, -0.1) is 24.8 Å². The Bertz CT molecular complexity index is 568. The van der Waals surface area contributed by atoms with Gasteiger partial charge in [0.25, 0.3) is 0 Å². The summed E-state index contributed by atoms with van der Waals surface area (Å²) in [7, 11) is 0. The normalized spacial score (nSPS) is 9.25. The SMILES string of the molecule is Cl.Cl.Nc1cc(N)c2ccc(=O)[nH]c2c1O. The van der Waals surface area contributed by atoms with E-state index in [0.29, 0.717) is 11.1 Å². The highest BCUT2D eigenvalue weighted by molar-refractivity contribution is 5.98. The zero-order chi connectivity index (χ0) is 10.3. The molecule has 0 unspecified atom stereocenters. The van der Waals surface area contributed by atoms with Gasteiger partial charge in [-0.3, -0.25) is 4.79 Å². The van der Waals surface area contributed by atoms with Crippen molar-refractivity contribution in [3.05, 3.63) is 28.6 Å². The third kappa shape index (κ3) is 2.15. The number of nitrogen functional groups attached to an aromatic ring is 2. The van der Waals surface area contributed by atoms with Crippen molar-refractivity contribution in [2.75, 3.05) is 11.5 Å². The zero-order valence-electron chi connectivity index (χ0n) is 8.06. The second-order valence-corrected chi connectivity index (χ2v) is 3.01. The molecule has 6 N–H and O–H groups in total. The lowest BCUT2D eigenvalue weighted by Gasteiger charge is -2.06. The summed E-state index contributed by atoms with van der Waals surface area (Å²) < 4.78 is 0. The number of aromatic hydroxyl groups is 1. The van der Waals surface area contributed by atoms with E-state index >= 15 is 0 Å². The lowest BCUT2D eigenvalue weighted by atomic mass is 10.1. The Morgan fingerprint density at radius 2 is 1.75 bits per heavy atom. The van der Waals surface area contributed by atoms with Crippen molar-refractivity contribution >= 4 is 47.1 Å². The largest absolute Gasteiger partial charge is 0.504 e. The van der Waals surface area contributed by atoms with E-state index in [1.54, 1.807) is 6.07 Å². The van der Waals surface area contributed by atoms with Crippen LogP contribution in [0.2, 0.25) is 0 Å². The summed E-state index contributed by atoms with van der Waals surface area (Å²) >= 11 is 0. The standard InChI is InChI=1S/C9H9N3O2.2ClH/c10-5-3-6(11)9(14)8-4(5)1-2-7(13)12-8;;/h1-3,14H,10-11H2,(H,12,13);2*1H. The highest BCUT2D eigenvalue weighted by atomic mass is 35.5. The Kier molecular flexibility index (Phi) is 4.47. The van der Waals surface area contributed by atoms with Gasteiger partial charge in [0.05, 0.1) is 11.2 Å². The minimum absolute atomic E-state index is 0. The highest BCUT2D eigenvalue weighted by Gasteiger charge is 2.07. The molecule has 1 aromatic heterocycles. The number of pyridine rings is 1. The molecule has 2 rings (SSSR count). The summed E-state index contributed by atoms with van der Waals surface area (Å²) in [6.07, 6.45) is 0. The van der Waals surface area contributed by atoms with Crippen molar-refractivity contribution in [3.63, 3.8) is 0 Å². The number of hydrogen-bond donors (Lipinski definition) is 4. The molecule has 1 aromatic carbocycles. The van der Waals surface area contributed by atoms with E-state index < -0.39 is 0 Å². The van der Waals surface area contributed by atoms with Crippen LogP contribution in [0.5, 0.6) is 5.75 Å². The fourth-order valence-corrected chi connectivity index (χ4v) is 1.36. The van der Waals surface area contributed by atoms with Crippen molar-refractivity contribution in [1.82, 2.24) is 4.98 Å². The van der Waals surface area contributed by atoms with Crippen LogP contribution in [0.1, 0.15) is 0 Å². The number of nitrogens with one attached hydrogen (secondary N) is 1. The van der Waals surface area contributed by atoms with E-state index in [9.17, 15) is 9.90 Å². The van der Waals surface area contributed by atoms with Crippen LogP contribution in [0.25, 0.3) is 10.9 Å². The number of aromatic amines is 1. The fraction of sp³-hybridized carbons (Fsp3) is 0. The summed E-state index contributed by atoms with van der Waals surface area (Å²) in [5.41, 5.74) is 11.7. The molecule has 0 bridgehead atoms. The molecule has 0 fully saturated rings. The number of halogens is 2. The van der Waals surface area contributed by atoms with E-state index in [1.165, 1.54) is 12.1 Å². The van der Waals surface area contributed by atoms with Crippen molar-refractivity contribution in [2.24, 2.45) is 0 Å². The van der Waals surface area contributed by atoms with E-state index in [2.05, 4.69) is 4.98 Å². The molecular formula is C9H11Cl2N3O2. The number of phenolic OH excluding ortho intramolecular Hbond substituents is 1. The average molecular weight is 264 g/mol. The maximum absolute atomic E-state index is 11.0. The average Bonchev–Trinajstić information content (AvgIpc) is 2.14. The quantitative estimate of drug-likeness (QED) is 0.326. The molecule has 2 aromatic rings. The molecular weight excluding hydrogens is 253 g/mol. The topological polar surface area (TPSA) is 105 Å². The molecule has 0 amide bonds.